The highest BCUT2D eigenvalue weighted by atomic mass is 32.2. The maximum Gasteiger partial charge on any atom is 0.335 e. The molecule has 0 amide bonds. The van der Waals surface area contributed by atoms with Crippen molar-refractivity contribution in [2.24, 2.45) is 11.1 Å². The molecule has 7 heteroatoms. The molecular weight excluding hydrogens is 268 g/mol. The molecule has 2 atom stereocenters. The van der Waals surface area contributed by atoms with Crippen molar-refractivity contribution < 1.29 is 18.3 Å². The van der Waals surface area contributed by atoms with Gasteiger partial charge in [-0.1, -0.05) is 20.3 Å². The van der Waals surface area contributed by atoms with E-state index in [1.54, 1.807) is 6.92 Å². The lowest BCUT2D eigenvalue weighted by Gasteiger charge is -2.27. The summed E-state index contributed by atoms with van der Waals surface area (Å²) in [5, 5.41) is 16.3. The molecule has 1 rings (SSSR count). The summed E-state index contributed by atoms with van der Waals surface area (Å²) in [6, 6.07) is 0. The standard InChI is InChI=1S/C12H20N2O4S/c1-3-4-5-14-10-6-9(12(15)16)7-11(8(10)2)19(13,17)18/h6-8,11,14H,3-5H2,1-2H3,(H,15,16)(H2,13,17,18). The Morgan fingerprint density at radius 3 is 2.63 bits per heavy atom. The van der Waals surface area contributed by atoms with Gasteiger partial charge in [0.15, 0.2) is 0 Å². The van der Waals surface area contributed by atoms with E-state index in [9.17, 15) is 13.2 Å². The Bertz CT molecular complexity index is 508. The maximum absolute atomic E-state index is 11.5. The van der Waals surface area contributed by atoms with Crippen LogP contribution in [0.2, 0.25) is 0 Å². The van der Waals surface area contributed by atoms with E-state index in [-0.39, 0.29) is 11.5 Å². The molecule has 6 nitrogen and oxygen atoms in total. The molecule has 0 aromatic rings. The molecule has 0 saturated carbocycles. The summed E-state index contributed by atoms with van der Waals surface area (Å²) >= 11 is 0. The van der Waals surface area contributed by atoms with E-state index in [0.717, 1.165) is 12.8 Å². The van der Waals surface area contributed by atoms with Gasteiger partial charge in [-0.2, -0.15) is 0 Å². The molecule has 1 aliphatic carbocycles. The highest BCUT2D eigenvalue weighted by Crippen LogP contribution is 2.26. The van der Waals surface area contributed by atoms with Crippen molar-refractivity contribution in [2.45, 2.75) is 31.9 Å². The first-order valence-electron chi connectivity index (χ1n) is 6.19. The van der Waals surface area contributed by atoms with Crippen LogP contribution in [0.25, 0.3) is 0 Å². The minimum atomic E-state index is -3.83. The number of unbranched alkanes of at least 4 members (excludes halogenated alkanes) is 1. The molecule has 0 heterocycles. The summed E-state index contributed by atoms with van der Waals surface area (Å²) in [6.07, 6.45) is 4.60. The first kappa shape index (κ1) is 15.7. The summed E-state index contributed by atoms with van der Waals surface area (Å²) in [5.41, 5.74) is 0.559. The molecular formula is C12H20N2O4S. The van der Waals surface area contributed by atoms with Crippen molar-refractivity contribution in [1.29, 1.82) is 0 Å². The molecule has 0 aliphatic heterocycles. The highest BCUT2D eigenvalue weighted by Gasteiger charge is 2.33. The molecule has 2 unspecified atom stereocenters. The van der Waals surface area contributed by atoms with E-state index in [1.165, 1.54) is 12.2 Å². The van der Waals surface area contributed by atoms with E-state index < -0.39 is 21.2 Å². The lowest BCUT2D eigenvalue weighted by Crippen LogP contribution is -2.39. The molecule has 0 spiro atoms. The van der Waals surface area contributed by atoms with E-state index in [2.05, 4.69) is 5.32 Å². The fourth-order valence-corrected chi connectivity index (χ4v) is 3.03. The third-order valence-corrected chi connectivity index (χ3v) is 4.43. The largest absolute Gasteiger partial charge is 0.478 e. The molecule has 0 bridgehead atoms. The number of hydrogen-bond donors (Lipinski definition) is 3. The number of allylic oxidation sites excluding steroid dienone is 1. The van der Waals surface area contributed by atoms with Crippen LogP contribution in [0.5, 0.6) is 0 Å². The first-order valence-corrected chi connectivity index (χ1v) is 7.80. The van der Waals surface area contributed by atoms with Gasteiger partial charge in [-0.3, -0.25) is 0 Å². The number of carbonyl (C=O) groups is 1. The quantitative estimate of drug-likeness (QED) is 0.619. The van der Waals surface area contributed by atoms with Crippen molar-refractivity contribution in [2.75, 3.05) is 6.54 Å². The van der Waals surface area contributed by atoms with E-state index in [1.807, 2.05) is 6.92 Å². The summed E-state index contributed by atoms with van der Waals surface area (Å²) in [6.45, 7) is 4.43. The Morgan fingerprint density at radius 1 is 1.53 bits per heavy atom. The second-order valence-electron chi connectivity index (χ2n) is 4.65. The number of nitrogens with one attached hydrogen (secondary N) is 1. The zero-order chi connectivity index (χ0) is 14.6. The van der Waals surface area contributed by atoms with Gasteiger partial charge in [0.1, 0.15) is 5.25 Å². The lowest BCUT2D eigenvalue weighted by molar-refractivity contribution is -0.132. The van der Waals surface area contributed by atoms with Gasteiger partial charge >= 0.3 is 5.97 Å². The lowest BCUT2D eigenvalue weighted by atomic mass is 9.94. The van der Waals surface area contributed by atoms with Gasteiger partial charge < -0.3 is 10.4 Å². The fraction of sp³-hybridized carbons (Fsp3) is 0.583. The molecule has 19 heavy (non-hydrogen) atoms. The number of nitrogens with two attached hydrogens (primary N) is 1. The summed E-state index contributed by atoms with van der Waals surface area (Å²) in [7, 11) is -3.83. The molecule has 0 radical (unpaired) electrons. The maximum atomic E-state index is 11.5. The molecule has 108 valence electrons. The Balaban J connectivity index is 3.03. The van der Waals surface area contributed by atoms with Crippen LogP contribution in [0.3, 0.4) is 0 Å². The average molecular weight is 288 g/mol. The van der Waals surface area contributed by atoms with Crippen LogP contribution in [0, 0.1) is 5.92 Å². The predicted octanol–water partition coefficient (Wildman–Crippen LogP) is 0.578. The van der Waals surface area contributed by atoms with Crippen LogP contribution in [-0.2, 0) is 14.8 Å². The number of carboxylic acids is 1. The second kappa shape index (κ2) is 6.21. The van der Waals surface area contributed by atoms with Crippen LogP contribution in [0.15, 0.2) is 23.4 Å². The summed E-state index contributed by atoms with van der Waals surface area (Å²) in [4.78, 5) is 11.0. The first-order chi connectivity index (χ1) is 8.77. The zero-order valence-corrected chi connectivity index (χ0v) is 11.9. The smallest absolute Gasteiger partial charge is 0.335 e. The second-order valence-corrected chi connectivity index (χ2v) is 6.37. The third kappa shape index (κ3) is 4.07. The average Bonchev–Trinajstić information content (AvgIpc) is 2.29. The third-order valence-electron chi connectivity index (χ3n) is 3.12. The van der Waals surface area contributed by atoms with Crippen molar-refractivity contribution in [3.63, 3.8) is 0 Å². The van der Waals surface area contributed by atoms with E-state index in [4.69, 9.17) is 10.2 Å². The zero-order valence-electron chi connectivity index (χ0n) is 11.1. The molecule has 0 aromatic carbocycles. The Labute approximate surface area is 113 Å². The topological polar surface area (TPSA) is 109 Å². The van der Waals surface area contributed by atoms with E-state index in [0.29, 0.717) is 12.2 Å². The molecule has 1 aliphatic rings. The van der Waals surface area contributed by atoms with Crippen molar-refractivity contribution in [3.05, 3.63) is 23.4 Å². The normalized spacial score (nSPS) is 23.5. The van der Waals surface area contributed by atoms with Gasteiger partial charge in [0, 0.05) is 18.2 Å². The highest BCUT2D eigenvalue weighted by molar-refractivity contribution is 7.90. The van der Waals surface area contributed by atoms with Crippen LogP contribution < -0.4 is 10.5 Å². The Morgan fingerprint density at radius 2 is 2.16 bits per heavy atom. The molecule has 0 aromatic heterocycles. The van der Waals surface area contributed by atoms with Gasteiger partial charge in [0.2, 0.25) is 10.0 Å². The van der Waals surface area contributed by atoms with Gasteiger partial charge in [-0.05, 0) is 18.6 Å². The number of sulfonamides is 1. The van der Waals surface area contributed by atoms with Crippen molar-refractivity contribution in [1.82, 2.24) is 5.32 Å². The molecule has 0 saturated heterocycles. The van der Waals surface area contributed by atoms with E-state index >= 15 is 0 Å². The Hall–Kier alpha value is -1.34. The van der Waals surface area contributed by atoms with Crippen LogP contribution in [0.1, 0.15) is 26.7 Å². The van der Waals surface area contributed by atoms with Crippen LogP contribution >= 0.6 is 0 Å². The fourth-order valence-electron chi connectivity index (χ4n) is 1.98. The number of carboxylic acid groups (broad SMARTS) is 1. The van der Waals surface area contributed by atoms with Crippen molar-refractivity contribution in [3.8, 4) is 0 Å². The monoisotopic (exact) mass is 288 g/mol. The minimum absolute atomic E-state index is 0.0453. The molecule has 4 N–H and O–H groups in total. The van der Waals surface area contributed by atoms with Gasteiger partial charge in [0.05, 0.1) is 5.57 Å². The molecule has 0 fully saturated rings. The SMILES string of the molecule is CCCCNC1=CC(C(=O)O)=CC(S(N)(=O)=O)C1C. The summed E-state index contributed by atoms with van der Waals surface area (Å²) in [5.74, 6) is -1.54. The predicted molar refractivity (Wildman–Crippen MR) is 72.8 cm³/mol. The minimum Gasteiger partial charge on any atom is -0.478 e. The van der Waals surface area contributed by atoms with Gasteiger partial charge in [-0.15, -0.1) is 0 Å². The number of primary sulfonamides is 1. The van der Waals surface area contributed by atoms with Crippen LogP contribution in [-0.4, -0.2) is 31.3 Å². The number of hydrogen-bond acceptors (Lipinski definition) is 4. The Kier molecular flexibility index (Phi) is 5.13. The summed E-state index contributed by atoms with van der Waals surface area (Å²) < 4.78 is 23.1. The number of aliphatic carboxylic acids is 1. The van der Waals surface area contributed by atoms with Gasteiger partial charge in [-0.25, -0.2) is 18.4 Å². The van der Waals surface area contributed by atoms with Crippen molar-refractivity contribution >= 4 is 16.0 Å². The van der Waals surface area contributed by atoms with Gasteiger partial charge in [0.25, 0.3) is 0 Å². The van der Waals surface area contributed by atoms with Crippen LogP contribution in [0.4, 0.5) is 0 Å². The number of rotatable bonds is 6.